The van der Waals surface area contributed by atoms with Crippen LogP contribution in [0.3, 0.4) is 0 Å². The summed E-state index contributed by atoms with van der Waals surface area (Å²) in [7, 11) is 1.22. The number of hydrogen-bond donors (Lipinski definition) is 10. The number of aryl methyl sites for hydroxylation is 1. The first-order valence-electron chi connectivity index (χ1n) is 20.3. The molecule has 0 saturated heterocycles. The van der Waals surface area contributed by atoms with E-state index in [9.17, 15) is 48.3 Å². The molecule has 19 nitrogen and oxygen atoms in total. The molecular weight excluding hydrogens is 791 g/mol. The van der Waals surface area contributed by atoms with E-state index in [0.29, 0.717) is 24.9 Å². The quantitative estimate of drug-likeness (QED) is 0.0404. The lowest BCUT2D eigenvalue weighted by Crippen LogP contribution is -2.60. The Hall–Kier alpha value is -6.21. The van der Waals surface area contributed by atoms with Gasteiger partial charge in [0.25, 0.3) is 11.8 Å². The van der Waals surface area contributed by atoms with Gasteiger partial charge in [0.1, 0.15) is 24.2 Å². The predicted octanol–water partition coefficient (Wildman–Crippen LogP) is -1.02. The number of aliphatic hydroxyl groups is 1. The van der Waals surface area contributed by atoms with Crippen molar-refractivity contribution in [2.24, 2.45) is 11.5 Å². The summed E-state index contributed by atoms with van der Waals surface area (Å²) in [6, 6.07) is 8.27. The lowest BCUT2D eigenvalue weighted by molar-refractivity contribution is -0.140. The Morgan fingerprint density at radius 1 is 0.689 bits per heavy atom. The maximum absolute atomic E-state index is 13.5. The lowest BCUT2D eigenvalue weighted by atomic mass is 10.0. The van der Waals surface area contributed by atoms with E-state index in [2.05, 4.69) is 56.3 Å². The van der Waals surface area contributed by atoms with Gasteiger partial charge in [-0.25, -0.2) is 0 Å². The Morgan fingerprint density at radius 2 is 1.28 bits per heavy atom. The monoisotopic (exact) mass is 851 g/mol. The summed E-state index contributed by atoms with van der Waals surface area (Å²) < 4.78 is 0. The van der Waals surface area contributed by atoms with Crippen LogP contribution in [-0.4, -0.2) is 115 Å². The van der Waals surface area contributed by atoms with Gasteiger partial charge in [0.05, 0.1) is 18.6 Å². The molecule has 0 aromatic heterocycles. The van der Waals surface area contributed by atoms with Gasteiger partial charge in [0.2, 0.25) is 41.2 Å². The number of unbranched alkanes of at least 4 members (excludes halogenated alkanes) is 2. The van der Waals surface area contributed by atoms with Gasteiger partial charge in [-0.05, 0) is 88.2 Å². The van der Waals surface area contributed by atoms with Crippen molar-refractivity contribution in [1.82, 2.24) is 37.2 Å². The summed E-state index contributed by atoms with van der Waals surface area (Å²) in [6.07, 6.45) is 1.96. The third-order valence-electron chi connectivity index (χ3n) is 9.55. The van der Waals surface area contributed by atoms with E-state index in [4.69, 9.17) is 11.5 Å². The molecule has 0 radical (unpaired) electrons. The van der Waals surface area contributed by atoms with E-state index in [1.807, 2.05) is 24.3 Å². The third-order valence-corrected chi connectivity index (χ3v) is 9.55. The number of carbonyl (C=O) groups excluding carboxylic acids is 9. The molecule has 0 spiro atoms. The van der Waals surface area contributed by atoms with Gasteiger partial charge in [-0.1, -0.05) is 49.7 Å². The van der Waals surface area contributed by atoms with Crippen molar-refractivity contribution >= 4 is 53.0 Å². The van der Waals surface area contributed by atoms with Gasteiger partial charge in [-0.2, -0.15) is 0 Å². The molecule has 6 atom stereocenters. The van der Waals surface area contributed by atoms with Crippen molar-refractivity contribution in [2.75, 3.05) is 20.1 Å². The molecule has 19 heteroatoms. The van der Waals surface area contributed by atoms with E-state index in [0.717, 1.165) is 30.4 Å². The average Bonchev–Trinajstić information content (AvgIpc) is 3.23. The van der Waals surface area contributed by atoms with Crippen LogP contribution >= 0.6 is 0 Å². The summed E-state index contributed by atoms with van der Waals surface area (Å²) in [6.45, 7) is 6.08. The van der Waals surface area contributed by atoms with Crippen LogP contribution in [0.1, 0.15) is 88.6 Å². The van der Waals surface area contributed by atoms with E-state index in [1.165, 1.54) is 33.4 Å². The molecule has 1 unspecified atom stereocenters. The summed E-state index contributed by atoms with van der Waals surface area (Å²) in [5.74, 6) is -7.74. The standard InChI is InChI=1S/C42H61N9O10/c1-6-7-10-27-12-14-28(15-13-27)29-16-18-30(19-17-29)38(57)46-22-20-34(54)49-31(11-8-9-21-43)39(58)51-35(26(4)52)41(60)48-25(3)37(56)50-32(23-33(44)53)40(59)47-24(2)36(55)42(61)45-5/h12-19,24-26,31-32,35,52H,6-11,20-23,43H2,1-5H3,(H2,44,53)(H,45,61)(H,46,57)(H,47,59)(H,48,60)(H,49,54)(H,50,56)(H,51,58)/t24?,25-,26+,31-,32-,35-/m0/s1. The number of hydrogen-bond acceptors (Lipinski definition) is 11. The predicted molar refractivity (Wildman–Crippen MR) is 226 cm³/mol. The molecular formula is C42H61N9O10. The maximum atomic E-state index is 13.5. The molecule has 0 heterocycles. The van der Waals surface area contributed by atoms with Crippen molar-refractivity contribution in [3.05, 3.63) is 59.7 Å². The highest BCUT2D eigenvalue weighted by Gasteiger charge is 2.33. The molecule has 0 aliphatic carbocycles. The summed E-state index contributed by atoms with van der Waals surface area (Å²) >= 11 is 0. The van der Waals surface area contributed by atoms with Crippen molar-refractivity contribution in [3.8, 4) is 11.1 Å². The third kappa shape index (κ3) is 17.5. The number of primary amides is 1. The minimum Gasteiger partial charge on any atom is -0.391 e. The summed E-state index contributed by atoms with van der Waals surface area (Å²) in [4.78, 5) is 114. The minimum absolute atomic E-state index is 0.0451. The number of likely N-dealkylation sites (N-methyl/N-ethyl adjacent to an activating group) is 1. The van der Waals surface area contributed by atoms with Crippen LogP contribution in [-0.2, 0) is 44.8 Å². The number of carbonyl (C=O) groups is 9. The smallest absolute Gasteiger partial charge is 0.289 e. The fraction of sp³-hybridized carbons (Fsp3) is 0.500. The number of Topliss-reactive ketones (excluding diaryl/α,β-unsaturated/α-hetero) is 1. The number of nitrogens with one attached hydrogen (secondary N) is 7. The lowest BCUT2D eigenvalue weighted by Gasteiger charge is -2.26. The molecule has 0 fully saturated rings. The SMILES string of the molecule is CCCCc1ccc(-c2ccc(C(=O)NCCC(=O)N[C@@H](CCCCN)C(=O)N[C@H](C(=O)N[C@@H](C)C(=O)N[C@@H](CC(N)=O)C(=O)NC(C)C(=O)C(=O)NC)[C@@H](C)O)cc2)cc1. The van der Waals surface area contributed by atoms with Gasteiger partial charge in [0.15, 0.2) is 0 Å². The molecule has 12 N–H and O–H groups in total. The van der Waals surface area contributed by atoms with Crippen LogP contribution in [0.25, 0.3) is 11.1 Å². The first-order valence-corrected chi connectivity index (χ1v) is 20.3. The molecule has 0 saturated carbocycles. The zero-order valence-electron chi connectivity index (χ0n) is 35.4. The van der Waals surface area contributed by atoms with Crippen molar-refractivity contribution in [2.45, 2.75) is 115 Å². The molecule has 0 aliphatic rings. The van der Waals surface area contributed by atoms with Gasteiger partial charge in [-0.3, -0.25) is 43.2 Å². The Labute approximate surface area is 355 Å². The minimum atomic E-state index is -1.62. The number of amides is 8. The van der Waals surface area contributed by atoms with Gasteiger partial charge in [0, 0.05) is 25.6 Å². The molecule has 2 rings (SSSR count). The fourth-order valence-corrected chi connectivity index (χ4v) is 5.91. The van der Waals surface area contributed by atoms with E-state index >= 15 is 0 Å². The molecule has 0 bridgehead atoms. The Bertz CT molecular complexity index is 1840. The molecule has 2 aromatic carbocycles. The van der Waals surface area contributed by atoms with Crippen LogP contribution in [0.5, 0.6) is 0 Å². The van der Waals surface area contributed by atoms with Crippen molar-refractivity contribution in [1.29, 1.82) is 0 Å². The number of nitrogens with two attached hydrogens (primary N) is 2. The van der Waals surface area contributed by atoms with Crippen LogP contribution in [0.4, 0.5) is 0 Å². The normalized spacial score (nSPS) is 13.8. The molecule has 8 amide bonds. The highest BCUT2D eigenvalue weighted by atomic mass is 16.3. The van der Waals surface area contributed by atoms with Gasteiger partial charge in [-0.15, -0.1) is 0 Å². The molecule has 334 valence electrons. The summed E-state index contributed by atoms with van der Waals surface area (Å²) in [5, 5.41) is 27.1. The summed E-state index contributed by atoms with van der Waals surface area (Å²) in [5.41, 5.74) is 14.5. The first kappa shape index (κ1) is 50.9. The van der Waals surface area contributed by atoms with E-state index in [1.54, 1.807) is 12.1 Å². The van der Waals surface area contributed by atoms with Crippen LogP contribution in [0.15, 0.2) is 48.5 Å². The van der Waals surface area contributed by atoms with Gasteiger partial charge < -0.3 is 53.8 Å². The fourth-order valence-electron chi connectivity index (χ4n) is 5.91. The van der Waals surface area contributed by atoms with Gasteiger partial charge >= 0.3 is 0 Å². The number of rotatable bonds is 26. The highest BCUT2D eigenvalue weighted by Crippen LogP contribution is 2.21. The van der Waals surface area contributed by atoms with Crippen molar-refractivity contribution in [3.63, 3.8) is 0 Å². The van der Waals surface area contributed by atoms with Crippen molar-refractivity contribution < 1.29 is 48.3 Å². The topological polar surface area (TPSA) is 310 Å². The van der Waals surface area contributed by atoms with Crippen LogP contribution < -0.4 is 48.7 Å². The van der Waals surface area contributed by atoms with Crippen LogP contribution in [0.2, 0.25) is 0 Å². The first-order chi connectivity index (χ1) is 28.9. The zero-order chi connectivity index (χ0) is 45.6. The molecule has 2 aromatic rings. The molecule has 61 heavy (non-hydrogen) atoms. The number of ketones is 1. The highest BCUT2D eigenvalue weighted by molar-refractivity contribution is 6.38. The maximum Gasteiger partial charge on any atom is 0.289 e. The second-order valence-corrected chi connectivity index (χ2v) is 14.7. The second-order valence-electron chi connectivity index (χ2n) is 14.7. The van der Waals surface area contributed by atoms with E-state index < -0.39 is 95.8 Å². The van der Waals surface area contributed by atoms with E-state index in [-0.39, 0.29) is 19.4 Å². The average molecular weight is 852 g/mol. The number of benzene rings is 2. The largest absolute Gasteiger partial charge is 0.391 e. The zero-order valence-corrected chi connectivity index (χ0v) is 35.4. The molecule has 0 aliphatic heterocycles. The Morgan fingerprint density at radius 3 is 1.84 bits per heavy atom. The van der Waals surface area contributed by atoms with Crippen LogP contribution in [0, 0.1) is 0 Å². The number of aliphatic hydroxyl groups excluding tert-OH is 1. The Kier molecular flexibility index (Phi) is 21.8. The second kappa shape index (κ2) is 26.1. The Balaban J connectivity index is 2.01.